The number of terminal acetylenes is 1. The van der Waals surface area contributed by atoms with Crippen molar-refractivity contribution >= 4 is 6.03 Å². The molecule has 2 aromatic carbocycles. The number of benzene rings is 2. The van der Waals surface area contributed by atoms with E-state index in [1.165, 1.54) is 0 Å². The first-order chi connectivity index (χ1) is 12.2. The van der Waals surface area contributed by atoms with Crippen LogP contribution in [0.15, 0.2) is 48.5 Å². The molecule has 2 N–H and O–H groups in total. The third-order valence-corrected chi connectivity index (χ3v) is 3.53. The maximum atomic E-state index is 11.8. The Kier molecular flexibility index (Phi) is 7.20. The van der Waals surface area contributed by atoms with Gasteiger partial charge in [-0.3, -0.25) is 0 Å². The van der Waals surface area contributed by atoms with Crippen molar-refractivity contribution in [2.75, 3.05) is 20.3 Å². The predicted molar refractivity (Wildman–Crippen MR) is 97.7 cm³/mol. The van der Waals surface area contributed by atoms with Crippen molar-refractivity contribution in [2.45, 2.75) is 13.0 Å². The monoisotopic (exact) mass is 338 g/mol. The fraction of sp³-hybridized carbons (Fsp3) is 0.250. The number of carbonyl (C=O) groups excluding carboxylic acids is 1. The minimum absolute atomic E-state index is 0.197. The van der Waals surface area contributed by atoms with Crippen molar-refractivity contribution in [3.8, 4) is 23.8 Å². The topological polar surface area (TPSA) is 59.6 Å². The molecule has 0 aromatic heterocycles. The Labute approximate surface area is 148 Å². The number of carbonyl (C=O) groups is 1. The summed E-state index contributed by atoms with van der Waals surface area (Å²) in [5.41, 5.74) is 2.10. The minimum atomic E-state index is -0.197. The Morgan fingerprint density at radius 2 is 1.88 bits per heavy atom. The van der Waals surface area contributed by atoms with Gasteiger partial charge in [-0.15, -0.1) is 6.42 Å². The average Bonchev–Trinajstić information content (AvgIpc) is 2.66. The van der Waals surface area contributed by atoms with Gasteiger partial charge in [0.05, 0.1) is 7.11 Å². The first kappa shape index (κ1) is 18.2. The first-order valence-corrected chi connectivity index (χ1v) is 8.01. The summed E-state index contributed by atoms with van der Waals surface area (Å²) in [4.78, 5) is 11.8. The normalized spacial score (nSPS) is 9.76. The second kappa shape index (κ2) is 9.89. The summed E-state index contributed by atoms with van der Waals surface area (Å²) in [7, 11) is 1.62. The van der Waals surface area contributed by atoms with Crippen LogP contribution in [0.1, 0.15) is 11.1 Å². The van der Waals surface area contributed by atoms with Crippen molar-refractivity contribution in [3.05, 3.63) is 59.7 Å². The maximum absolute atomic E-state index is 11.8. The largest absolute Gasteiger partial charge is 0.497 e. The van der Waals surface area contributed by atoms with E-state index in [4.69, 9.17) is 15.9 Å². The van der Waals surface area contributed by atoms with E-state index in [-0.39, 0.29) is 12.6 Å². The highest BCUT2D eigenvalue weighted by Gasteiger charge is 2.02. The number of hydrogen-bond donors (Lipinski definition) is 2. The second-order valence-electron chi connectivity index (χ2n) is 5.35. The van der Waals surface area contributed by atoms with Gasteiger partial charge in [-0.2, -0.15) is 0 Å². The van der Waals surface area contributed by atoms with E-state index in [1.54, 1.807) is 7.11 Å². The molecule has 0 aliphatic heterocycles. The van der Waals surface area contributed by atoms with Crippen molar-refractivity contribution in [1.82, 2.24) is 10.6 Å². The molecule has 0 radical (unpaired) electrons. The Bertz CT molecular complexity index is 720. The maximum Gasteiger partial charge on any atom is 0.315 e. The van der Waals surface area contributed by atoms with Crippen LogP contribution in [0.4, 0.5) is 4.79 Å². The van der Waals surface area contributed by atoms with Crippen molar-refractivity contribution in [3.63, 3.8) is 0 Å². The quantitative estimate of drug-likeness (QED) is 0.728. The van der Waals surface area contributed by atoms with Gasteiger partial charge in [0.15, 0.2) is 0 Å². The number of hydrogen-bond acceptors (Lipinski definition) is 3. The van der Waals surface area contributed by atoms with Gasteiger partial charge in [-0.05, 0) is 41.8 Å². The lowest BCUT2D eigenvalue weighted by Crippen LogP contribution is -2.36. The molecule has 0 aliphatic carbocycles. The number of nitrogens with one attached hydrogen (secondary N) is 2. The van der Waals surface area contributed by atoms with Crippen LogP contribution in [0.3, 0.4) is 0 Å². The van der Waals surface area contributed by atoms with Gasteiger partial charge in [0.25, 0.3) is 0 Å². The van der Waals surface area contributed by atoms with Crippen LogP contribution < -0.4 is 20.1 Å². The molecule has 0 aliphatic rings. The molecule has 0 saturated carbocycles. The van der Waals surface area contributed by atoms with Crippen LogP contribution in [0.5, 0.6) is 11.5 Å². The molecule has 5 nitrogen and oxygen atoms in total. The zero-order chi connectivity index (χ0) is 17.9. The molecule has 0 unspecified atom stereocenters. The first-order valence-electron chi connectivity index (χ1n) is 8.01. The van der Waals surface area contributed by atoms with Crippen molar-refractivity contribution in [1.29, 1.82) is 0 Å². The zero-order valence-corrected chi connectivity index (χ0v) is 14.2. The molecule has 5 heteroatoms. The number of amides is 2. The van der Waals surface area contributed by atoms with Gasteiger partial charge in [0.2, 0.25) is 0 Å². The van der Waals surface area contributed by atoms with E-state index < -0.39 is 0 Å². The molecule has 0 heterocycles. The van der Waals surface area contributed by atoms with E-state index in [9.17, 15) is 4.79 Å². The third kappa shape index (κ3) is 6.48. The Morgan fingerprint density at radius 1 is 1.08 bits per heavy atom. The number of urea groups is 1. The van der Waals surface area contributed by atoms with Crippen LogP contribution in [-0.2, 0) is 13.0 Å². The van der Waals surface area contributed by atoms with Crippen molar-refractivity contribution in [2.24, 2.45) is 0 Å². The lowest BCUT2D eigenvalue weighted by atomic mass is 10.1. The molecule has 0 spiro atoms. The van der Waals surface area contributed by atoms with E-state index >= 15 is 0 Å². The Morgan fingerprint density at radius 3 is 2.60 bits per heavy atom. The highest BCUT2D eigenvalue weighted by molar-refractivity contribution is 5.73. The van der Waals surface area contributed by atoms with Gasteiger partial charge < -0.3 is 20.1 Å². The number of rotatable bonds is 8. The van der Waals surface area contributed by atoms with Crippen LogP contribution in [-0.4, -0.2) is 26.3 Å². The zero-order valence-electron chi connectivity index (χ0n) is 14.2. The summed E-state index contributed by atoms with van der Waals surface area (Å²) in [6.07, 6.45) is 5.89. The summed E-state index contributed by atoms with van der Waals surface area (Å²) >= 11 is 0. The molecule has 2 amide bonds. The van der Waals surface area contributed by atoms with E-state index in [1.807, 2.05) is 48.5 Å². The molecule has 25 heavy (non-hydrogen) atoms. The highest BCUT2D eigenvalue weighted by atomic mass is 16.5. The fourth-order valence-corrected chi connectivity index (χ4v) is 2.22. The summed E-state index contributed by atoms with van der Waals surface area (Å²) < 4.78 is 10.5. The lowest BCUT2D eigenvalue weighted by molar-refractivity contribution is 0.240. The minimum Gasteiger partial charge on any atom is -0.497 e. The highest BCUT2D eigenvalue weighted by Crippen LogP contribution is 2.13. The lowest BCUT2D eigenvalue weighted by Gasteiger charge is -2.09. The average molecular weight is 338 g/mol. The number of ether oxygens (including phenoxy) is 2. The van der Waals surface area contributed by atoms with Gasteiger partial charge in [0.1, 0.15) is 18.1 Å². The molecule has 2 aromatic rings. The molecule has 0 saturated heterocycles. The van der Waals surface area contributed by atoms with E-state index in [2.05, 4.69) is 16.6 Å². The molecule has 130 valence electrons. The van der Waals surface area contributed by atoms with Gasteiger partial charge in [-0.25, -0.2) is 4.79 Å². The molecule has 0 atom stereocenters. The second-order valence-corrected chi connectivity index (χ2v) is 5.35. The smallest absolute Gasteiger partial charge is 0.315 e. The molecular formula is C20H22N2O3. The van der Waals surface area contributed by atoms with Gasteiger partial charge in [-0.1, -0.05) is 30.2 Å². The third-order valence-electron chi connectivity index (χ3n) is 3.53. The van der Waals surface area contributed by atoms with Gasteiger partial charge >= 0.3 is 6.03 Å². The fourth-order valence-electron chi connectivity index (χ4n) is 2.22. The summed E-state index contributed by atoms with van der Waals surface area (Å²) in [6.45, 7) is 1.26. The van der Waals surface area contributed by atoms with Crippen LogP contribution in [0, 0.1) is 12.3 Å². The molecule has 0 bridgehead atoms. The summed E-state index contributed by atoms with van der Waals surface area (Å²) in [5.74, 6) is 3.94. The van der Waals surface area contributed by atoms with Crippen LogP contribution in [0.2, 0.25) is 0 Å². The SMILES string of the molecule is C#CCOc1ccc(CCNC(=O)NCc2cccc(OC)c2)cc1. The van der Waals surface area contributed by atoms with Crippen LogP contribution in [0.25, 0.3) is 0 Å². The predicted octanol–water partition coefficient (Wildman–Crippen LogP) is 2.75. The summed E-state index contributed by atoms with van der Waals surface area (Å²) in [5, 5.41) is 5.66. The molecule has 0 fully saturated rings. The Hall–Kier alpha value is -3.13. The standard InChI is InChI=1S/C20H22N2O3/c1-3-13-25-18-9-7-16(8-10-18)11-12-21-20(23)22-15-17-5-4-6-19(14-17)24-2/h1,4-10,14H,11-13,15H2,2H3,(H2,21,22,23). The molecule has 2 rings (SSSR count). The van der Waals surface area contributed by atoms with Crippen molar-refractivity contribution < 1.29 is 14.3 Å². The van der Waals surface area contributed by atoms with E-state index in [0.717, 1.165) is 29.0 Å². The van der Waals surface area contributed by atoms with Crippen LogP contribution >= 0.6 is 0 Å². The number of methoxy groups -OCH3 is 1. The summed E-state index contributed by atoms with van der Waals surface area (Å²) in [6, 6.07) is 15.1. The van der Waals surface area contributed by atoms with Gasteiger partial charge in [0, 0.05) is 13.1 Å². The Balaban J connectivity index is 1.68. The molecular weight excluding hydrogens is 316 g/mol. The van der Waals surface area contributed by atoms with E-state index in [0.29, 0.717) is 13.1 Å².